The van der Waals surface area contributed by atoms with Gasteiger partial charge in [0.2, 0.25) is 5.95 Å². The van der Waals surface area contributed by atoms with Crippen LogP contribution in [0.4, 0.5) is 5.95 Å². The lowest BCUT2D eigenvalue weighted by Crippen LogP contribution is -2.44. The van der Waals surface area contributed by atoms with Gasteiger partial charge < -0.3 is 15.0 Å². The van der Waals surface area contributed by atoms with Crippen molar-refractivity contribution in [2.45, 2.75) is 44.8 Å². The van der Waals surface area contributed by atoms with Gasteiger partial charge in [-0.25, -0.2) is 9.67 Å². The largest absolute Gasteiger partial charge is 0.368 e. The summed E-state index contributed by atoms with van der Waals surface area (Å²) in [5, 5.41) is 7.52. The van der Waals surface area contributed by atoms with Crippen LogP contribution in [0.1, 0.15) is 31.4 Å². The van der Waals surface area contributed by atoms with Crippen LogP contribution in [0.25, 0.3) is 5.82 Å². The zero-order chi connectivity index (χ0) is 17.9. The summed E-state index contributed by atoms with van der Waals surface area (Å²) in [6.45, 7) is 4.07. The molecule has 8 nitrogen and oxygen atoms in total. The molecule has 0 aromatic carbocycles. The van der Waals surface area contributed by atoms with Crippen LogP contribution in [0.5, 0.6) is 0 Å². The van der Waals surface area contributed by atoms with E-state index in [9.17, 15) is 4.79 Å². The Bertz CT molecular complexity index is 757. The summed E-state index contributed by atoms with van der Waals surface area (Å²) in [6, 6.07) is 3.91. The third kappa shape index (κ3) is 3.55. The Labute approximate surface area is 152 Å². The smallest absolute Gasteiger partial charge is 0.252 e. The van der Waals surface area contributed by atoms with Crippen LogP contribution in [0, 0.1) is 6.92 Å². The number of carbonyl (C=O) groups excluding carboxylic acids is 1. The minimum Gasteiger partial charge on any atom is -0.368 e. The number of ether oxygens (including phenoxy) is 1. The van der Waals surface area contributed by atoms with E-state index in [-0.39, 0.29) is 18.1 Å². The molecule has 2 aliphatic heterocycles. The first-order valence-corrected chi connectivity index (χ1v) is 9.22. The first-order valence-electron chi connectivity index (χ1n) is 9.22. The van der Waals surface area contributed by atoms with E-state index in [1.54, 1.807) is 10.9 Å². The monoisotopic (exact) mass is 356 g/mol. The Balaban J connectivity index is 1.42. The van der Waals surface area contributed by atoms with Gasteiger partial charge in [0.25, 0.3) is 5.91 Å². The third-order valence-electron chi connectivity index (χ3n) is 4.94. The van der Waals surface area contributed by atoms with Crippen LogP contribution < -0.4 is 5.32 Å². The van der Waals surface area contributed by atoms with Crippen LogP contribution in [-0.4, -0.2) is 62.4 Å². The van der Waals surface area contributed by atoms with E-state index in [0.29, 0.717) is 19.1 Å². The van der Waals surface area contributed by atoms with Crippen molar-refractivity contribution in [1.82, 2.24) is 24.6 Å². The molecule has 26 heavy (non-hydrogen) atoms. The van der Waals surface area contributed by atoms with Crippen LogP contribution in [-0.2, 0) is 9.53 Å². The van der Waals surface area contributed by atoms with Gasteiger partial charge in [0, 0.05) is 49.9 Å². The lowest BCUT2D eigenvalue weighted by atomic mass is 10.2. The maximum absolute atomic E-state index is 12.7. The van der Waals surface area contributed by atoms with Gasteiger partial charge in [0.1, 0.15) is 6.10 Å². The number of hydrogen-bond acceptors (Lipinski definition) is 6. The van der Waals surface area contributed by atoms with E-state index in [0.717, 1.165) is 43.7 Å². The highest BCUT2D eigenvalue weighted by atomic mass is 16.5. The summed E-state index contributed by atoms with van der Waals surface area (Å²) in [5.74, 6) is 1.42. The molecule has 2 atom stereocenters. The standard InChI is InChI=1S/C18H24N6O2/c1-13-11-16(24-9-4-7-20-24)22-18(21-13)19-12-14-5-2-8-23(14)17(25)15-6-3-10-26-15/h4,7,9,11,14-15H,2-3,5-6,8,10,12H2,1H3,(H,19,21,22)/t14?,15-/m0/s1. The molecule has 4 rings (SSSR count). The van der Waals surface area contributed by atoms with Crippen molar-refractivity contribution in [3.8, 4) is 5.82 Å². The molecule has 2 aromatic rings. The first kappa shape index (κ1) is 17.0. The van der Waals surface area contributed by atoms with Gasteiger partial charge in [-0.05, 0) is 38.7 Å². The number of carbonyl (C=O) groups is 1. The van der Waals surface area contributed by atoms with E-state index in [2.05, 4.69) is 20.4 Å². The quantitative estimate of drug-likeness (QED) is 0.875. The van der Waals surface area contributed by atoms with Crippen molar-refractivity contribution < 1.29 is 9.53 Å². The molecule has 4 heterocycles. The summed E-state index contributed by atoms with van der Waals surface area (Å²) in [4.78, 5) is 23.6. The van der Waals surface area contributed by atoms with Crippen molar-refractivity contribution in [1.29, 1.82) is 0 Å². The van der Waals surface area contributed by atoms with Crippen LogP contribution >= 0.6 is 0 Å². The molecule has 2 aliphatic rings. The normalized spacial score (nSPS) is 22.7. The molecule has 0 spiro atoms. The fourth-order valence-electron chi connectivity index (χ4n) is 3.66. The van der Waals surface area contributed by atoms with Gasteiger partial charge >= 0.3 is 0 Å². The van der Waals surface area contributed by atoms with Crippen LogP contribution in [0.3, 0.4) is 0 Å². The predicted octanol–water partition coefficient (Wildman–Crippen LogP) is 1.55. The fourth-order valence-corrected chi connectivity index (χ4v) is 3.66. The lowest BCUT2D eigenvalue weighted by molar-refractivity contribution is -0.141. The number of aromatic nitrogens is 4. The number of amides is 1. The summed E-state index contributed by atoms with van der Waals surface area (Å²) in [6.07, 6.45) is 7.14. The zero-order valence-electron chi connectivity index (χ0n) is 15.0. The number of nitrogens with zero attached hydrogens (tertiary/aromatic N) is 5. The maximum atomic E-state index is 12.7. The van der Waals surface area contributed by atoms with E-state index < -0.39 is 0 Å². The average molecular weight is 356 g/mol. The highest BCUT2D eigenvalue weighted by Crippen LogP contribution is 2.23. The molecule has 2 aromatic heterocycles. The summed E-state index contributed by atoms with van der Waals surface area (Å²) in [5.41, 5.74) is 0.867. The van der Waals surface area contributed by atoms with E-state index in [4.69, 9.17) is 4.74 Å². The molecule has 138 valence electrons. The Morgan fingerprint density at radius 1 is 1.35 bits per heavy atom. The van der Waals surface area contributed by atoms with E-state index >= 15 is 0 Å². The molecule has 0 saturated carbocycles. The van der Waals surface area contributed by atoms with Gasteiger partial charge in [-0.2, -0.15) is 10.1 Å². The number of rotatable bonds is 5. The number of nitrogens with one attached hydrogen (secondary N) is 1. The zero-order valence-corrected chi connectivity index (χ0v) is 15.0. The number of anilines is 1. The molecule has 2 fully saturated rings. The highest BCUT2D eigenvalue weighted by Gasteiger charge is 2.34. The van der Waals surface area contributed by atoms with Crippen molar-refractivity contribution in [3.05, 3.63) is 30.2 Å². The van der Waals surface area contributed by atoms with Gasteiger partial charge in [-0.3, -0.25) is 4.79 Å². The van der Waals surface area contributed by atoms with Gasteiger partial charge in [0.15, 0.2) is 5.82 Å². The van der Waals surface area contributed by atoms with Gasteiger partial charge in [-0.15, -0.1) is 0 Å². The van der Waals surface area contributed by atoms with Gasteiger partial charge in [0.05, 0.1) is 0 Å². The Morgan fingerprint density at radius 3 is 3.04 bits per heavy atom. The molecule has 1 amide bonds. The first-order chi connectivity index (χ1) is 12.7. The van der Waals surface area contributed by atoms with Crippen molar-refractivity contribution in [2.75, 3.05) is 25.0 Å². The Kier molecular flexibility index (Phi) is 4.83. The summed E-state index contributed by atoms with van der Waals surface area (Å²) in [7, 11) is 0. The lowest BCUT2D eigenvalue weighted by Gasteiger charge is -2.27. The fraction of sp³-hybridized carbons (Fsp3) is 0.556. The molecule has 2 saturated heterocycles. The average Bonchev–Trinajstić information content (AvgIpc) is 3.41. The topological polar surface area (TPSA) is 85.2 Å². The van der Waals surface area contributed by atoms with Crippen molar-refractivity contribution in [3.63, 3.8) is 0 Å². The summed E-state index contributed by atoms with van der Waals surface area (Å²) >= 11 is 0. The molecule has 1 N–H and O–H groups in total. The van der Waals surface area contributed by atoms with Gasteiger partial charge in [-0.1, -0.05) is 0 Å². The highest BCUT2D eigenvalue weighted by molar-refractivity contribution is 5.81. The SMILES string of the molecule is Cc1cc(-n2cccn2)nc(NCC2CCCN2C(=O)[C@@H]2CCCO2)n1. The van der Waals surface area contributed by atoms with Crippen LogP contribution in [0.2, 0.25) is 0 Å². The van der Waals surface area contributed by atoms with E-state index in [1.807, 2.05) is 30.2 Å². The molecule has 1 unspecified atom stereocenters. The number of likely N-dealkylation sites (tertiary alicyclic amines) is 1. The minimum atomic E-state index is -0.253. The molecule has 0 aliphatic carbocycles. The van der Waals surface area contributed by atoms with Crippen LogP contribution in [0.15, 0.2) is 24.5 Å². The predicted molar refractivity (Wildman–Crippen MR) is 96.1 cm³/mol. The van der Waals surface area contributed by atoms with Crippen molar-refractivity contribution >= 4 is 11.9 Å². The second kappa shape index (κ2) is 7.41. The Hall–Kier alpha value is -2.48. The Morgan fingerprint density at radius 2 is 2.27 bits per heavy atom. The molecule has 0 bridgehead atoms. The number of aryl methyl sites for hydroxylation is 1. The molecule has 8 heteroatoms. The third-order valence-corrected chi connectivity index (χ3v) is 4.94. The second-order valence-electron chi connectivity index (χ2n) is 6.85. The maximum Gasteiger partial charge on any atom is 0.252 e. The summed E-state index contributed by atoms with van der Waals surface area (Å²) < 4.78 is 7.28. The second-order valence-corrected chi connectivity index (χ2v) is 6.85. The van der Waals surface area contributed by atoms with E-state index in [1.165, 1.54) is 0 Å². The molecule has 0 radical (unpaired) electrons. The van der Waals surface area contributed by atoms with Crippen molar-refractivity contribution in [2.24, 2.45) is 0 Å². The molecular formula is C18H24N6O2. The number of hydrogen-bond donors (Lipinski definition) is 1. The molecular weight excluding hydrogens is 332 g/mol. The minimum absolute atomic E-state index is 0.134.